The topological polar surface area (TPSA) is 72.2 Å². The van der Waals surface area contributed by atoms with Gasteiger partial charge in [0.1, 0.15) is 0 Å². The van der Waals surface area contributed by atoms with E-state index in [2.05, 4.69) is 5.32 Å². The van der Waals surface area contributed by atoms with Crippen LogP contribution >= 0.6 is 0 Å². The van der Waals surface area contributed by atoms with E-state index in [1.807, 2.05) is 54.6 Å². The number of benzene rings is 2. The van der Waals surface area contributed by atoms with Crippen molar-refractivity contribution in [3.8, 4) is 0 Å². The monoisotopic (exact) mass is 282 g/mol. The van der Waals surface area contributed by atoms with Gasteiger partial charge in [-0.25, -0.2) is 0 Å². The third kappa shape index (κ3) is 2.50. The molecule has 2 aromatic rings. The van der Waals surface area contributed by atoms with Crippen LogP contribution in [0.15, 0.2) is 54.6 Å². The van der Waals surface area contributed by atoms with Gasteiger partial charge in [-0.2, -0.15) is 0 Å². The van der Waals surface area contributed by atoms with E-state index >= 15 is 0 Å². The minimum absolute atomic E-state index is 0.174. The number of fused-ring (bicyclic) bond motifs is 1. The molecule has 5 nitrogen and oxygen atoms in total. The van der Waals surface area contributed by atoms with Crippen LogP contribution in [0.3, 0.4) is 0 Å². The number of carbonyl (C=O) groups is 1. The van der Waals surface area contributed by atoms with Crippen molar-refractivity contribution in [2.75, 3.05) is 11.9 Å². The van der Waals surface area contributed by atoms with Gasteiger partial charge in [-0.1, -0.05) is 48.5 Å². The molecule has 0 fully saturated rings. The SMILES string of the molecule is O=C1Nc2ccccc2[C@@H]1[C@@H](C[N+](=O)[O-])c1ccccc1. The average Bonchev–Trinajstić information content (AvgIpc) is 2.81. The van der Waals surface area contributed by atoms with Gasteiger partial charge in [-0.05, 0) is 17.2 Å². The second-order valence-corrected chi connectivity index (χ2v) is 5.09. The summed E-state index contributed by atoms with van der Waals surface area (Å²) in [6, 6.07) is 16.6. The van der Waals surface area contributed by atoms with E-state index in [1.165, 1.54) is 0 Å². The Morgan fingerprint density at radius 1 is 1.10 bits per heavy atom. The first-order valence-corrected chi connectivity index (χ1v) is 6.73. The van der Waals surface area contributed by atoms with Crippen molar-refractivity contribution in [2.24, 2.45) is 0 Å². The van der Waals surface area contributed by atoms with Crippen LogP contribution in [0.2, 0.25) is 0 Å². The molecule has 0 saturated carbocycles. The summed E-state index contributed by atoms with van der Waals surface area (Å²) in [5.41, 5.74) is 2.39. The first-order valence-electron chi connectivity index (χ1n) is 6.73. The molecule has 1 aliphatic heterocycles. The Balaban J connectivity index is 2.05. The molecule has 0 spiro atoms. The van der Waals surface area contributed by atoms with E-state index in [0.29, 0.717) is 0 Å². The molecule has 21 heavy (non-hydrogen) atoms. The van der Waals surface area contributed by atoms with Crippen LogP contribution in [0.1, 0.15) is 23.0 Å². The van der Waals surface area contributed by atoms with Crippen molar-refractivity contribution >= 4 is 11.6 Å². The minimum Gasteiger partial charge on any atom is -0.325 e. The van der Waals surface area contributed by atoms with Gasteiger partial charge in [0.15, 0.2) is 0 Å². The molecule has 2 atom stereocenters. The molecule has 3 rings (SSSR count). The molecule has 0 aliphatic carbocycles. The zero-order chi connectivity index (χ0) is 14.8. The normalized spacial score (nSPS) is 17.9. The van der Waals surface area contributed by atoms with E-state index in [4.69, 9.17) is 0 Å². The van der Waals surface area contributed by atoms with Crippen molar-refractivity contribution in [3.63, 3.8) is 0 Å². The number of hydrogen-bond acceptors (Lipinski definition) is 3. The number of anilines is 1. The highest BCUT2D eigenvalue weighted by Gasteiger charge is 2.39. The van der Waals surface area contributed by atoms with E-state index < -0.39 is 11.8 Å². The van der Waals surface area contributed by atoms with E-state index in [1.54, 1.807) is 0 Å². The molecule has 0 radical (unpaired) electrons. The summed E-state index contributed by atoms with van der Waals surface area (Å²) in [5.74, 6) is -1.16. The molecule has 0 aromatic heterocycles. The fraction of sp³-hybridized carbons (Fsp3) is 0.188. The van der Waals surface area contributed by atoms with Crippen LogP contribution in [0.5, 0.6) is 0 Å². The third-order valence-electron chi connectivity index (χ3n) is 3.81. The number of hydrogen-bond donors (Lipinski definition) is 1. The largest absolute Gasteiger partial charge is 0.325 e. The van der Waals surface area contributed by atoms with Gasteiger partial charge in [0.2, 0.25) is 12.5 Å². The number of nitro groups is 1. The lowest BCUT2D eigenvalue weighted by molar-refractivity contribution is -0.483. The molecule has 0 bridgehead atoms. The van der Waals surface area contributed by atoms with Crippen LogP contribution in [-0.4, -0.2) is 17.4 Å². The molecule has 0 saturated heterocycles. The fourth-order valence-corrected chi connectivity index (χ4v) is 2.90. The zero-order valence-electron chi connectivity index (χ0n) is 11.2. The summed E-state index contributed by atoms with van der Waals surface area (Å²) in [4.78, 5) is 23.0. The maximum absolute atomic E-state index is 12.3. The molecule has 2 aromatic carbocycles. The van der Waals surface area contributed by atoms with E-state index in [9.17, 15) is 14.9 Å². The fourth-order valence-electron chi connectivity index (χ4n) is 2.90. The van der Waals surface area contributed by atoms with Crippen molar-refractivity contribution < 1.29 is 9.72 Å². The summed E-state index contributed by atoms with van der Waals surface area (Å²) < 4.78 is 0. The zero-order valence-corrected chi connectivity index (χ0v) is 11.2. The number of nitrogens with zero attached hydrogens (tertiary/aromatic N) is 1. The van der Waals surface area contributed by atoms with Gasteiger partial charge in [-0.15, -0.1) is 0 Å². The van der Waals surface area contributed by atoms with Crippen LogP contribution in [0.4, 0.5) is 5.69 Å². The molecule has 106 valence electrons. The molecular formula is C16H14N2O3. The van der Waals surface area contributed by atoms with Gasteiger partial charge in [0, 0.05) is 10.6 Å². The summed E-state index contributed by atoms with van der Waals surface area (Å²) in [7, 11) is 0. The summed E-state index contributed by atoms with van der Waals surface area (Å²) in [6.45, 7) is -0.267. The van der Waals surface area contributed by atoms with Crippen molar-refractivity contribution in [3.05, 3.63) is 75.8 Å². The number of carbonyl (C=O) groups excluding carboxylic acids is 1. The Kier molecular flexibility index (Phi) is 3.39. The standard InChI is InChI=1S/C16H14N2O3/c19-16-15(12-8-4-5-9-14(12)17-16)13(10-18(20)21)11-6-2-1-3-7-11/h1-9,13,15H,10H2,(H,17,19)/t13-,15+/m0/s1. The summed E-state index contributed by atoms with van der Waals surface area (Å²) in [6.07, 6.45) is 0. The van der Waals surface area contributed by atoms with Gasteiger partial charge in [0.05, 0.1) is 11.8 Å². The lowest BCUT2D eigenvalue weighted by Gasteiger charge is -2.19. The molecule has 1 N–H and O–H groups in total. The Bertz CT molecular complexity index is 685. The summed E-state index contributed by atoms with van der Waals surface area (Å²) in [5, 5.41) is 13.8. The molecule has 1 heterocycles. The Labute approximate surface area is 121 Å². The summed E-state index contributed by atoms with van der Waals surface area (Å²) >= 11 is 0. The Morgan fingerprint density at radius 3 is 2.48 bits per heavy atom. The number of amides is 1. The predicted molar refractivity (Wildman–Crippen MR) is 78.9 cm³/mol. The number of nitrogens with one attached hydrogen (secondary N) is 1. The van der Waals surface area contributed by atoms with Crippen molar-refractivity contribution in [2.45, 2.75) is 11.8 Å². The minimum atomic E-state index is -0.519. The third-order valence-corrected chi connectivity index (χ3v) is 3.81. The lowest BCUT2D eigenvalue weighted by atomic mass is 9.82. The van der Waals surface area contributed by atoms with Gasteiger partial charge in [0.25, 0.3) is 0 Å². The van der Waals surface area contributed by atoms with Crippen molar-refractivity contribution in [1.82, 2.24) is 0 Å². The van der Waals surface area contributed by atoms with Crippen LogP contribution in [0, 0.1) is 10.1 Å². The smallest absolute Gasteiger partial charge is 0.232 e. The number of para-hydroxylation sites is 1. The predicted octanol–water partition coefficient (Wildman–Crippen LogP) is 2.78. The highest BCUT2D eigenvalue weighted by Crippen LogP contribution is 2.41. The molecule has 0 unspecified atom stereocenters. The Hall–Kier alpha value is -2.69. The molecule has 1 aliphatic rings. The van der Waals surface area contributed by atoms with E-state index in [-0.39, 0.29) is 17.4 Å². The second-order valence-electron chi connectivity index (χ2n) is 5.09. The molecule has 5 heteroatoms. The van der Waals surface area contributed by atoms with Crippen LogP contribution in [0.25, 0.3) is 0 Å². The van der Waals surface area contributed by atoms with Crippen LogP contribution < -0.4 is 5.32 Å². The maximum Gasteiger partial charge on any atom is 0.232 e. The average molecular weight is 282 g/mol. The van der Waals surface area contributed by atoms with Gasteiger partial charge in [-0.3, -0.25) is 14.9 Å². The molecular weight excluding hydrogens is 268 g/mol. The lowest BCUT2D eigenvalue weighted by Crippen LogP contribution is -2.25. The first-order chi connectivity index (χ1) is 10.2. The van der Waals surface area contributed by atoms with Crippen molar-refractivity contribution in [1.29, 1.82) is 0 Å². The molecule has 1 amide bonds. The van der Waals surface area contributed by atoms with E-state index in [0.717, 1.165) is 16.8 Å². The Morgan fingerprint density at radius 2 is 1.76 bits per heavy atom. The highest BCUT2D eigenvalue weighted by molar-refractivity contribution is 6.03. The maximum atomic E-state index is 12.3. The number of rotatable bonds is 4. The first kappa shape index (κ1) is 13.3. The van der Waals surface area contributed by atoms with Gasteiger partial charge >= 0.3 is 0 Å². The second kappa shape index (κ2) is 5.36. The van der Waals surface area contributed by atoms with Gasteiger partial charge < -0.3 is 5.32 Å². The quantitative estimate of drug-likeness (QED) is 0.692. The van der Waals surface area contributed by atoms with Crippen LogP contribution in [-0.2, 0) is 4.79 Å². The highest BCUT2D eigenvalue weighted by atomic mass is 16.6.